The number of rotatable bonds is 8. The second-order valence-electron chi connectivity index (χ2n) is 7.44. The van der Waals surface area contributed by atoms with Crippen LogP contribution in [0.2, 0.25) is 10.0 Å². The molecule has 29 heavy (non-hydrogen) atoms. The molecule has 6 nitrogen and oxygen atoms in total. The average Bonchev–Trinajstić information content (AvgIpc) is 2.62. The van der Waals surface area contributed by atoms with Gasteiger partial charge < -0.3 is 25.2 Å². The van der Waals surface area contributed by atoms with E-state index in [9.17, 15) is 9.90 Å². The molecule has 2 rings (SSSR count). The highest BCUT2D eigenvalue weighted by Gasteiger charge is 2.15. The molecule has 0 saturated carbocycles. The summed E-state index contributed by atoms with van der Waals surface area (Å²) in [7, 11) is 0. The van der Waals surface area contributed by atoms with Crippen molar-refractivity contribution in [1.29, 1.82) is 0 Å². The number of hydrogen-bond acceptors (Lipinski definition) is 5. The lowest BCUT2D eigenvalue weighted by molar-refractivity contribution is -0.124. The third kappa shape index (κ3) is 7.22. The maximum Gasteiger partial charge on any atom is 0.258 e. The molecule has 0 aromatic heterocycles. The van der Waals surface area contributed by atoms with Gasteiger partial charge in [0.05, 0.1) is 16.7 Å². The first-order chi connectivity index (χ1) is 13.6. The van der Waals surface area contributed by atoms with Crippen LogP contribution >= 0.6 is 23.2 Å². The molecular weight excluding hydrogens is 415 g/mol. The number of amides is 1. The largest absolute Gasteiger partial charge is 0.505 e. The van der Waals surface area contributed by atoms with Crippen LogP contribution in [0.1, 0.15) is 33.3 Å². The molecule has 158 valence electrons. The number of carbonyl (C=O) groups excluding carboxylic acids is 1. The van der Waals surface area contributed by atoms with Crippen molar-refractivity contribution in [2.45, 2.75) is 39.8 Å². The molecule has 2 aromatic carbocycles. The zero-order valence-electron chi connectivity index (χ0n) is 16.9. The maximum absolute atomic E-state index is 12.0. The van der Waals surface area contributed by atoms with E-state index >= 15 is 0 Å². The zero-order valence-corrected chi connectivity index (χ0v) is 18.4. The van der Waals surface area contributed by atoms with Gasteiger partial charge in [-0.05, 0) is 57.5 Å². The SMILES string of the molecule is CCOc1cc(CNc2cc(Cl)c(O)c(Cl)c2)ccc1OCC(=O)NC(C)(C)C. The van der Waals surface area contributed by atoms with Crippen molar-refractivity contribution in [2.24, 2.45) is 0 Å². The fourth-order valence-electron chi connectivity index (χ4n) is 2.52. The molecule has 8 heteroatoms. The number of hydrogen-bond donors (Lipinski definition) is 3. The number of phenolic OH excluding ortho intramolecular Hbond substituents is 1. The summed E-state index contributed by atoms with van der Waals surface area (Å²) in [5.74, 6) is 0.703. The smallest absolute Gasteiger partial charge is 0.258 e. The summed E-state index contributed by atoms with van der Waals surface area (Å²) in [6.45, 7) is 8.44. The molecule has 2 aromatic rings. The van der Waals surface area contributed by atoms with Crippen LogP contribution in [0.4, 0.5) is 5.69 Å². The summed E-state index contributed by atoms with van der Waals surface area (Å²) in [5, 5.41) is 16.0. The maximum atomic E-state index is 12.0. The average molecular weight is 441 g/mol. The third-order valence-electron chi connectivity index (χ3n) is 3.69. The third-order valence-corrected chi connectivity index (χ3v) is 4.27. The van der Waals surface area contributed by atoms with Gasteiger partial charge in [-0.2, -0.15) is 0 Å². The Kier molecular flexibility index (Phi) is 7.88. The zero-order chi connectivity index (χ0) is 21.6. The fraction of sp³-hybridized carbons (Fsp3) is 0.381. The summed E-state index contributed by atoms with van der Waals surface area (Å²) >= 11 is 11.9. The van der Waals surface area contributed by atoms with E-state index in [0.717, 1.165) is 5.56 Å². The molecule has 1 amide bonds. The van der Waals surface area contributed by atoms with E-state index in [0.29, 0.717) is 30.3 Å². The van der Waals surface area contributed by atoms with Crippen molar-refractivity contribution in [1.82, 2.24) is 5.32 Å². The van der Waals surface area contributed by atoms with E-state index in [-0.39, 0.29) is 33.8 Å². The number of benzene rings is 2. The molecule has 0 atom stereocenters. The molecule has 0 aliphatic heterocycles. The quantitative estimate of drug-likeness (QED) is 0.503. The van der Waals surface area contributed by atoms with E-state index in [1.165, 1.54) is 0 Å². The first-order valence-electron chi connectivity index (χ1n) is 9.20. The minimum Gasteiger partial charge on any atom is -0.505 e. The van der Waals surface area contributed by atoms with Crippen LogP contribution in [0.5, 0.6) is 17.2 Å². The van der Waals surface area contributed by atoms with Gasteiger partial charge in [-0.1, -0.05) is 29.3 Å². The van der Waals surface area contributed by atoms with Gasteiger partial charge in [0.2, 0.25) is 0 Å². The second-order valence-corrected chi connectivity index (χ2v) is 8.26. The molecule has 0 aliphatic rings. The Morgan fingerprint density at radius 3 is 2.31 bits per heavy atom. The standard InChI is InChI=1S/C21H26Cl2N2O4/c1-5-28-18-8-13(11-24-14-9-15(22)20(27)16(23)10-14)6-7-17(18)29-12-19(26)25-21(2,3)4/h6-10,24,27H,5,11-12H2,1-4H3,(H,25,26). The number of carbonyl (C=O) groups is 1. The van der Waals surface area contributed by atoms with E-state index < -0.39 is 0 Å². The molecule has 0 heterocycles. The van der Waals surface area contributed by atoms with Crippen LogP contribution in [0.3, 0.4) is 0 Å². The van der Waals surface area contributed by atoms with Gasteiger partial charge in [-0.3, -0.25) is 4.79 Å². The summed E-state index contributed by atoms with van der Waals surface area (Å²) in [4.78, 5) is 12.0. The fourth-order valence-corrected chi connectivity index (χ4v) is 3.01. The Hall–Kier alpha value is -2.31. The highest BCUT2D eigenvalue weighted by atomic mass is 35.5. The Balaban J connectivity index is 2.05. The Labute approximate surface area is 181 Å². The number of nitrogens with one attached hydrogen (secondary N) is 2. The molecule has 0 unspecified atom stereocenters. The molecule has 0 radical (unpaired) electrons. The van der Waals surface area contributed by atoms with Crippen LogP contribution < -0.4 is 20.1 Å². The van der Waals surface area contributed by atoms with Gasteiger partial charge in [-0.15, -0.1) is 0 Å². The van der Waals surface area contributed by atoms with Crippen molar-refractivity contribution in [2.75, 3.05) is 18.5 Å². The van der Waals surface area contributed by atoms with Crippen molar-refractivity contribution < 1.29 is 19.4 Å². The van der Waals surface area contributed by atoms with Gasteiger partial charge >= 0.3 is 0 Å². The number of phenols is 1. The van der Waals surface area contributed by atoms with Crippen LogP contribution in [0, 0.1) is 0 Å². The molecule has 3 N–H and O–H groups in total. The van der Waals surface area contributed by atoms with E-state index in [2.05, 4.69) is 10.6 Å². The Bertz CT molecular complexity index is 843. The van der Waals surface area contributed by atoms with Gasteiger partial charge in [-0.25, -0.2) is 0 Å². The topological polar surface area (TPSA) is 79.8 Å². The van der Waals surface area contributed by atoms with Gasteiger partial charge in [0.1, 0.15) is 0 Å². The molecule has 0 fully saturated rings. The van der Waals surface area contributed by atoms with Crippen LogP contribution in [0.25, 0.3) is 0 Å². The minimum absolute atomic E-state index is 0.0978. The Morgan fingerprint density at radius 1 is 1.07 bits per heavy atom. The normalized spacial score (nSPS) is 11.1. The first-order valence-corrected chi connectivity index (χ1v) is 9.96. The monoisotopic (exact) mass is 440 g/mol. The van der Waals surface area contributed by atoms with Crippen LogP contribution in [-0.4, -0.2) is 29.8 Å². The highest BCUT2D eigenvalue weighted by molar-refractivity contribution is 6.37. The van der Waals surface area contributed by atoms with Crippen molar-refractivity contribution in [3.05, 3.63) is 45.9 Å². The van der Waals surface area contributed by atoms with Crippen molar-refractivity contribution >= 4 is 34.8 Å². The van der Waals surface area contributed by atoms with Crippen LogP contribution in [-0.2, 0) is 11.3 Å². The van der Waals surface area contributed by atoms with E-state index in [4.69, 9.17) is 32.7 Å². The molecule has 0 bridgehead atoms. The summed E-state index contributed by atoms with van der Waals surface area (Å²) in [5.41, 5.74) is 1.29. The minimum atomic E-state index is -0.321. The Morgan fingerprint density at radius 2 is 1.72 bits per heavy atom. The lowest BCUT2D eigenvalue weighted by Gasteiger charge is -2.21. The summed E-state index contributed by atoms with van der Waals surface area (Å²) in [6, 6.07) is 8.67. The van der Waals surface area contributed by atoms with Crippen molar-refractivity contribution in [3.8, 4) is 17.2 Å². The second kappa shape index (κ2) is 9.94. The highest BCUT2D eigenvalue weighted by Crippen LogP contribution is 2.35. The number of anilines is 1. The molecule has 0 aliphatic carbocycles. The lowest BCUT2D eigenvalue weighted by atomic mass is 10.1. The summed E-state index contributed by atoms with van der Waals surface area (Å²) in [6.07, 6.45) is 0. The molecular formula is C21H26Cl2N2O4. The van der Waals surface area contributed by atoms with E-state index in [1.54, 1.807) is 18.2 Å². The van der Waals surface area contributed by atoms with Gasteiger partial charge in [0, 0.05) is 17.8 Å². The lowest BCUT2D eigenvalue weighted by Crippen LogP contribution is -2.43. The summed E-state index contributed by atoms with van der Waals surface area (Å²) < 4.78 is 11.3. The van der Waals surface area contributed by atoms with E-state index in [1.807, 2.05) is 39.8 Å². The predicted octanol–water partition coefficient (Wildman–Crippen LogP) is 5.00. The van der Waals surface area contributed by atoms with Gasteiger partial charge in [0.25, 0.3) is 5.91 Å². The number of aromatic hydroxyl groups is 1. The molecule has 0 saturated heterocycles. The number of ether oxygens (including phenoxy) is 2. The molecule has 0 spiro atoms. The predicted molar refractivity (Wildman–Crippen MR) is 116 cm³/mol. The first kappa shape index (κ1) is 23.0. The van der Waals surface area contributed by atoms with Crippen LogP contribution in [0.15, 0.2) is 30.3 Å². The van der Waals surface area contributed by atoms with Crippen molar-refractivity contribution in [3.63, 3.8) is 0 Å². The van der Waals surface area contributed by atoms with Gasteiger partial charge in [0.15, 0.2) is 23.9 Å². The number of halogens is 2.